The Morgan fingerprint density at radius 2 is 1.80 bits per heavy atom. The smallest absolute Gasteiger partial charge is 0.147 e. The third-order valence-corrected chi connectivity index (χ3v) is 4.34. The Kier molecular flexibility index (Phi) is 5.31. The fraction of sp³-hybridized carbons (Fsp3) is 0.133. The molecule has 104 valence electrons. The van der Waals surface area contributed by atoms with Crippen molar-refractivity contribution in [1.29, 1.82) is 0 Å². The lowest BCUT2D eigenvalue weighted by Gasteiger charge is -2.06. The minimum absolute atomic E-state index is 0.164. The highest BCUT2D eigenvalue weighted by atomic mass is 79.9. The van der Waals surface area contributed by atoms with E-state index in [4.69, 9.17) is 0 Å². The van der Waals surface area contributed by atoms with Crippen LogP contribution in [-0.4, -0.2) is 11.5 Å². The maximum atomic E-state index is 13.7. The number of carbonyl (C=O) groups is 1. The Morgan fingerprint density at radius 3 is 2.50 bits per heavy atom. The molecular weight excluding hydrogens is 346 g/mol. The molecule has 0 heterocycles. The Labute approximate surface area is 128 Å². The van der Waals surface area contributed by atoms with Crippen LogP contribution in [0.4, 0.5) is 8.78 Å². The van der Waals surface area contributed by atoms with Crippen molar-refractivity contribution < 1.29 is 13.6 Å². The summed E-state index contributed by atoms with van der Waals surface area (Å²) in [5.74, 6) is -1.42. The molecule has 0 N–H and O–H groups in total. The van der Waals surface area contributed by atoms with Crippen molar-refractivity contribution in [2.24, 2.45) is 0 Å². The zero-order valence-electron chi connectivity index (χ0n) is 10.4. The SMILES string of the molecule is O=C(CSc1ccccc1)Cc1c(F)ccc(Br)c1F. The molecule has 0 aromatic heterocycles. The predicted molar refractivity (Wildman–Crippen MR) is 79.9 cm³/mol. The first-order valence-corrected chi connectivity index (χ1v) is 7.67. The van der Waals surface area contributed by atoms with Gasteiger partial charge in [0.05, 0.1) is 10.2 Å². The molecule has 0 aliphatic carbocycles. The molecule has 0 bridgehead atoms. The second-order valence-electron chi connectivity index (χ2n) is 4.14. The van der Waals surface area contributed by atoms with E-state index < -0.39 is 11.6 Å². The van der Waals surface area contributed by atoms with E-state index in [-0.39, 0.29) is 28.0 Å². The first kappa shape index (κ1) is 15.2. The summed E-state index contributed by atoms with van der Waals surface area (Å²) in [6, 6.07) is 11.9. The minimum Gasteiger partial charge on any atom is -0.298 e. The van der Waals surface area contributed by atoms with Crippen LogP contribution in [0, 0.1) is 11.6 Å². The van der Waals surface area contributed by atoms with Gasteiger partial charge < -0.3 is 0 Å². The molecule has 5 heteroatoms. The molecule has 2 aromatic rings. The highest BCUT2D eigenvalue weighted by Crippen LogP contribution is 2.23. The molecule has 0 fully saturated rings. The zero-order chi connectivity index (χ0) is 14.5. The van der Waals surface area contributed by atoms with E-state index in [2.05, 4.69) is 15.9 Å². The van der Waals surface area contributed by atoms with Crippen LogP contribution in [-0.2, 0) is 11.2 Å². The van der Waals surface area contributed by atoms with Crippen LogP contribution < -0.4 is 0 Å². The number of benzene rings is 2. The molecule has 0 radical (unpaired) electrons. The molecule has 2 aromatic carbocycles. The lowest BCUT2D eigenvalue weighted by Crippen LogP contribution is -2.09. The molecule has 1 nitrogen and oxygen atoms in total. The number of carbonyl (C=O) groups excluding carboxylic acids is 1. The van der Waals surface area contributed by atoms with E-state index in [1.54, 1.807) is 0 Å². The van der Waals surface area contributed by atoms with Gasteiger partial charge in [-0.15, -0.1) is 11.8 Å². The summed E-state index contributed by atoms with van der Waals surface area (Å²) in [6.45, 7) is 0. The molecule has 0 atom stereocenters. The molecule has 2 rings (SSSR count). The Bertz CT molecular complexity index is 617. The third kappa shape index (κ3) is 3.90. The summed E-state index contributed by atoms with van der Waals surface area (Å²) < 4.78 is 27.4. The highest BCUT2D eigenvalue weighted by molar-refractivity contribution is 9.10. The number of hydrogen-bond donors (Lipinski definition) is 0. The van der Waals surface area contributed by atoms with Crippen molar-refractivity contribution in [1.82, 2.24) is 0 Å². The molecule has 0 amide bonds. The monoisotopic (exact) mass is 356 g/mol. The molecule has 0 aliphatic rings. The Hall–Kier alpha value is -1.20. The second kappa shape index (κ2) is 6.99. The topological polar surface area (TPSA) is 17.1 Å². The van der Waals surface area contributed by atoms with Crippen LogP contribution in [0.3, 0.4) is 0 Å². The second-order valence-corrected chi connectivity index (χ2v) is 6.04. The van der Waals surface area contributed by atoms with E-state index in [1.807, 2.05) is 30.3 Å². The molecule has 0 saturated heterocycles. The summed E-state index contributed by atoms with van der Waals surface area (Å²) in [6.07, 6.45) is -0.239. The molecule has 20 heavy (non-hydrogen) atoms. The summed E-state index contributed by atoms with van der Waals surface area (Å²) in [5, 5.41) is 0. The summed E-state index contributed by atoms with van der Waals surface area (Å²) >= 11 is 4.35. The summed E-state index contributed by atoms with van der Waals surface area (Å²) in [5.41, 5.74) is -0.182. The van der Waals surface area contributed by atoms with E-state index >= 15 is 0 Å². The Balaban J connectivity index is 2.00. The number of thioether (sulfide) groups is 1. The highest BCUT2D eigenvalue weighted by Gasteiger charge is 2.15. The van der Waals surface area contributed by atoms with E-state index in [1.165, 1.54) is 17.8 Å². The predicted octanol–water partition coefficient (Wildman–Crippen LogP) is 4.63. The number of halogens is 3. The maximum Gasteiger partial charge on any atom is 0.147 e. The quantitative estimate of drug-likeness (QED) is 0.573. The van der Waals surface area contributed by atoms with Crippen LogP contribution >= 0.6 is 27.7 Å². The van der Waals surface area contributed by atoms with Crippen LogP contribution in [0.2, 0.25) is 0 Å². The minimum atomic E-state index is -0.705. The van der Waals surface area contributed by atoms with Gasteiger partial charge >= 0.3 is 0 Å². The number of hydrogen-bond acceptors (Lipinski definition) is 2. The van der Waals surface area contributed by atoms with Gasteiger partial charge in [0, 0.05) is 16.9 Å². The van der Waals surface area contributed by atoms with Crippen LogP contribution in [0.15, 0.2) is 51.8 Å². The standard InChI is InChI=1S/C15H11BrF2OS/c16-13-6-7-14(17)12(15(13)18)8-10(19)9-20-11-4-2-1-3-5-11/h1-7H,8-9H2. The number of Topliss-reactive ketones (excluding diaryl/α,β-unsaturated/α-hetero) is 1. The first-order chi connectivity index (χ1) is 9.58. The van der Waals surface area contributed by atoms with Crippen molar-refractivity contribution in [3.8, 4) is 0 Å². The summed E-state index contributed by atoms with van der Waals surface area (Å²) in [4.78, 5) is 12.8. The van der Waals surface area contributed by atoms with Crippen LogP contribution in [0.25, 0.3) is 0 Å². The van der Waals surface area contributed by atoms with Crippen molar-refractivity contribution in [2.45, 2.75) is 11.3 Å². The fourth-order valence-electron chi connectivity index (χ4n) is 1.66. The van der Waals surface area contributed by atoms with Gasteiger partial charge in [0.2, 0.25) is 0 Å². The summed E-state index contributed by atoms with van der Waals surface area (Å²) in [7, 11) is 0. The van der Waals surface area contributed by atoms with Gasteiger partial charge in [0.1, 0.15) is 17.4 Å². The lowest BCUT2D eigenvalue weighted by molar-refractivity contribution is -0.116. The van der Waals surface area contributed by atoms with Gasteiger partial charge in [0.25, 0.3) is 0 Å². The lowest BCUT2D eigenvalue weighted by atomic mass is 10.1. The van der Waals surface area contributed by atoms with Crippen molar-refractivity contribution >= 4 is 33.5 Å². The Morgan fingerprint density at radius 1 is 1.10 bits per heavy atom. The first-order valence-electron chi connectivity index (χ1n) is 5.90. The average Bonchev–Trinajstić information content (AvgIpc) is 2.46. The van der Waals surface area contributed by atoms with Gasteiger partial charge in [-0.2, -0.15) is 0 Å². The number of rotatable bonds is 5. The largest absolute Gasteiger partial charge is 0.298 e. The zero-order valence-corrected chi connectivity index (χ0v) is 12.8. The van der Waals surface area contributed by atoms with E-state index in [0.29, 0.717) is 0 Å². The van der Waals surface area contributed by atoms with Crippen molar-refractivity contribution in [3.05, 3.63) is 64.1 Å². The number of ketones is 1. The fourth-order valence-corrected chi connectivity index (χ4v) is 2.81. The molecule has 0 saturated carbocycles. The third-order valence-electron chi connectivity index (χ3n) is 2.66. The van der Waals surface area contributed by atoms with Crippen LogP contribution in [0.1, 0.15) is 5.56 Å². The van der Waals surface area contributed by atoms with Gasteiger partial charge in [-0.3, -0.25) is 4.79 Å². The normalized spacial score (nSPS) is 10.6. The molecule has 0 aliphatic heterocycles. The van der Waals surface area contributed by atoms with Crippen molar-refractivity contribution in [3.63, 3.8) is 0 Å². The maximum absolute atomic E-state index is 13.7. The molecule has 0 unspecified atom stereocenters. The average molecular weight is 357 g/mol. The molecule has 0 spiro atoms. The van der Waals surface area contributed by atoms with E-state index in [0.717, 1.165) is 11.0 Å². The van der Waals surface area contributed by atoms with Crippen molar-refractivity contribution in [2.75, 3.05) is 5.75 Å². The molecular formula is C15H11BrF2OS. The van der Waals surface area contributed by atoms with Gasteiger partial charge in [-0.1, -0.05) is 18.2 Å². The van der Waals surface area contributed by atoms with E-state index in [9.17, 15) is 13.6 Å². The van der Waals surface area contributed by atoms with Gasteiger partial charge in [-0.25, -0.2) is 8.78 Å². The van der Waals surface area contributed by atoms with Crippen LogP contribution in [0.5, 0.6) is 0 Å². The van der Waals surface area contributed by atoms with Gasteiger partial charge in [0.15, 0.2) is 0 Å². The van der Waals surface area contributed by atoms with Gasteiger partial charge in [-0.05, 0) is 40.2 Å².